The van der Waals surface area contributed by atoms with Crippen LogP contribution in [0, 0.1) is 17.4 Å². The Labute approximate surface area is 90.2 Å². The van der Waals surface area contributed by atoms with E-state index in [1.165, 1.54) is 16.0 Å². The number of hydrogen-bond acceptors (Lipinski definition) is 0. The predicted octanol–water partition coefficient (Wildman–Crippen LogP) is 3.84. The fourth-order valence-electron chi connectivity index (χ4n) is 1.58. The summed E-state index contributed by atoms with van der Waals surface area (Å²) < 4.78 is 0. The Morgan fingerprint density at radius 1 is 0.600 bits per heavy atom. The first-order valence-electron chi connectivity index (χ1n) is 5.15. The van der Waals surface area contributed by atoms with Gasteiger partial charge in [-0.1, -0.05) is 72.3 Å². The van der Waals surface area contributed by atoms with Crippen LogP contribution in [0.1, 0.15) is 5.56 Å². The summed E-state index contributed by atoms with van der Waals surface area (Å²) in [4.78, 5) is 0. The monoisotopic (exact) mass is 194 g/mol. The lowest BCUT2D eigenvalue weighted by Crippen LogP contribution is -1.72. The van der Waals surface area contributed by atoms with Crippen LogP contribution in [0.2, 0.25) is 0 Å². The highest BCUT2D eigenvalue weighted by molar-refractivity contribution is 5.18. The van der Waals surface area contributed by atoms with Crippen LogP contribution < -0.4 is 0 Å². The van der Waals surface area contributed by atoms with Gasteiger partial charge in [0.2, 0.25) is 0 Å². The average Bonchev–Trinajstić information content (AvgIpc) is 2.18. The van der Waals surface area contributed by atoms with E-state index in [4.69, 9.17) is 0 Å². The van der Waals surface area contributed by atoms with Gasteiger partial charge in [0.05, 0.1) is 0 Å². The minimum atomic E-state index is 1.25. The van der Waals surface area contributed by atoms with Crippen molar-refractivity contribution in [2.45, 2.75) is 6.92 Å². The smallest absolute Gasteiger partial charge is 0.0181 e. The lowest BCUT2D eigenvalue weighted by atomic mass is 10.2. The Hall–Kier alpha value is -1.82. The fourth-order valence-corrected chi connectivity index (χ4v) is 1.58. The SMILES string of the molecule is Cc1cccc/c2cccccc/c=2c1. The lowest BCUT2D eigenvalue weighted by Gasteiger charge is -1.89. The summed E-state index contributed by atoms with van der Waals surface area (Å²) in [5.74, 6) is 0. The Morgan fingerprint density at radius 3 is 1.87 bits per heavy atom. The molecule has 0 fully saturated rings. The fraction of sp³-hybridized carbons (Fsp3) is 0.0667. The molecule has 2 rings (SSSR count). The highest BCUT2D eigenvalue weighted by Crippen LogP contribution is 1.99. The second-order valence-electron chi connectivity index (χ2n) is 3.62. The molecule has 0 N–H and O–H groups in total. The van der Waals surface area contributed by atoms with Gasteiger partial charge in [0.1, 0.15) is 0 Å². The predicted molar refractivity (Wildman–Crippen MR) is 64.1 cm³/mol. The van der Waals surface area contributed by atoms with Gasteiger partial charge in [-0.2, -0.15) is 0 Å². The van der Waals surface area contributed by atoms with E-state index in [2.05, 4.69) is 61.5 Å². The van der Waals surface area contributed by atoms with Gasteiger partial charge in [0, 0.05) is 0 Å². The molecule has 0 bridgehead atoms. The maximum atomic E-state index is 2.20. The largest absolute Gasteiger partial charge is 0.0622 e. The first-order valence-corrected chi connectivity index (χ1v) is 5.15. The topological polar surface area (TPSA) is 0 Å². The van der Waals surface area contributed by atoms with E-state index in [1.54, 1.807) is 0 Å². The molecule has 2 aliphatic carbocycles. The number of rotatable bonds is 0. The molecule has 0 heteroatoms. The zero-order chi connectivity index (χ0) is 10.5. The third-order valence-corrected chi connectivity index (χ3v) is 2.35. The number of aryl methyl sites for hydroxylation is 1. The normalized spacial score (nSPS) is 12.1. The molecule has 0 radical (unpaired) electrons. The summed E-state index contributed by atoms with van der Waals surface area (Å²) in [6.45, 7) is 2.12. The molecule has 0 nitrogen and oxygen atoms in total. The van der Waals surface area contributed by atoms with Crippen LogP contribution in [-0.2, 0) is 0 Å². The summed E-state index contributed by atoms with van der Waals surface area (Å²) in [7, 11) is 0. The van der Waals surface area contributed by atoms with E-state index in [0.717, 1.165) is 0 Å². The summed E-state index contributed by atoms with van der Waals surface area (Å²) in [5.41, 5.74) is 1.27. The third-order valence-electron chi connectivity index (χ3n) is 2.35. The van der Waals surface area contributed by atoms with Gasteiger partial charge in [-0.15, -0.1) is 0 Å². The Balaban J connectivity index is 2.97. The lowest BCUT2D eigenvalue weighted by molar-refractivity contribution is 1.42. The van der Waals surface area contributed by atoms with Gasteiger partial charge in [0.15, 0.2) is 0 Å². The zero-order valence-electron chi connectivity index (χ0n) is 8.85. The first kappa shape index (κ1) is 9.72. The van der Waals surface area contributed by atoms with Gasteiger partial charge in [-0.3, -0.25) is 0 Å². The van der Waals surface area contributed by atoms with Gasteiger partial charge in [0.25, 0.3) is 0 Å². The quantitative estimate of drug-likeness (QED) is 0.597. The van der Waals surface area contributed by atoms with Crippen molar-refractivity contribution in [1.82, 2.24) is 0 Å². The van der Waals surface area contributed by atoms with E-state index < -0.39 is 0 Å². The molecular weight excluding hydrogens is 180 g/mol. The molecule has 0 aromatic rings. The van der Waals surface area contributed by atoms with Gasteiger partial charge >= 0.3 is 0 Å². The molecule has 0 saturated carbocycles. The standard InChI is InChI=1S/C15H14/c1-13-8-6-7-10-14-9-4-2-3-5-11-15(14)12-13/h2-12H,1H3/b3-2?,4-2?,5-3?,7-6?,8-6?,9-4?,10-7?,11-5?,13-8?,13-12?,14-9?,14-10?,15-11?,15-12?,15-14+. The minimum Gasteiger partial charge on any atom is -0.0622 e. The summed E-state index contributed by atoms with van der Waals surface area (Å²) >= 11 is 0. The molecule has 0 aromatic heterocycles. The minimum absolute atomic E-state index is 1.25. The second-order valence-corrected chi connectivity index (χ2v) is 3.62. The van der Waals surface area contributed by atoms with Crippen LogP contribution in [0.4, 0.5) is 0 Å². The average molecular weight is 194 g/mol. The maximum Gasteiger partial charge on any atom is -0.0181 e. The van der Waals surface area contributed by atoms with Crippen molar-refractivity contribution in [3.63, 3.8) is 0 Å². The van der Waals surface area contributed by atoms with Gasteiger partial charge in [-0.05, 0) is 17.4 Å². The molecule has 0 spiro atoms. The van der Waals surface area contributed by atoms with Crippen molar-refractivity contribution in [3.05, 3.63) is 82.7 Å². The molecule has 0 amide bonds. The van der Waals surface area contributed by atoms with Crippen LogP contribution >= 0.6 is 0 Å². The summed E-state index contributed by atoms with van der Waals surface area (Å²) in [5, 5.41) is 2.51. The summed E-state index contributed by atoms with van der Waals surface area (Å²) in [6.07, 6.45) is 0. The molecular formula is C15H14. The maximum absolute atomic E-state index is 2.20. The molecule has 0 saturated heterocycles. The summed E-state index contributed by atoms with van der Waals surface area (Å²) in [6, 6.07) is 23.1. The van der Waals surface area contributed by atoms with Crippen molar-refractivity contribution >= 4 is 0 Å². The Bertz CT molecular complexity index is 547. The third kappa shape index (κ3) is 2.57. The van der Waals surface area contributed by atoms with Gasteiger partial charge < -0.3 is 0 Å². The molecule has 0 atom stereocenters. The highest BCUT2D eigenvalue weighted by atomic mass is 13.9. The van der Waals surface area contributed by atoms with Crippen LogP contribution in [0.5, 0.6) is 0 Å². The first-order chi connectivity index (χ1) is 7.36. The highest BCUT2D eigenvalue weighted by Gasteiger charge is 1.82. The van der Waals surface area contributed by atoms with Crippen molar-refractivity contribution in [2.24, 2.45) is 0 Å². The van der Waals surface area contributed by atoms with Crippen molar-refractivity contribution in [1.29, 1.82) is 0 Å². The zero-order valence-corrected chi connectivity index (χ0v) is 8.85. The Kier molecular flexibility index (Phi) is 2.99. The molecule has 0 aliphatic heterocycles. The molecule has 0 unspecified atom stereocenters. The van der Waals surface area contributed by atoms with Gasteiger partial charge in [-0.25, -0.2) is 0 Å². The van der Waals surface area contributed by atoms with E-state index >= 15 is 0 Å². The van der Waals surface area contributed by atoms with Crippen LogP contribution in [-0.4, -0.2) is 0 Å². The molecule has 74 valence electrons. The molecule has 2 aliphatic rings. The van der Waals surface area contributed by atoms with Crippen molar-refractivity contribution in [2.75, 3.05) is 0 Å². The molecule has 15 heavy (non-hydrogen) atoms. The van der Waals surface area contributed by atoms with E-state index in [0.29, 0.717) is 0 Å². The van der Waals surface area contributed by atoms with Crippen molar-refractivity contribution in [3.8, 4) is 0 Å². The van der Waals surface area contributed by atoms with Crippen molar-refractivity contribution < 1.29 is 0 Å². The van der Waals surface area contributed by atoms with Crippen LogP contribution in [0.3, 0.4) is 0 Å². The van der Waals surface area contributed by atoms with E-state index in [9.17, 15) is 0 Å². The van der Waals surface area contributed by atoms with Crippen LogP contribution in [0.25, 0.3) is 0 Å². The molecule has 0 aromatic carbocycles. The second kappa shape index (κ2) is 4.61. The van der Waals surface area contributed by atoms with E-state index in [-0.39, 0.29) is 0 Å². The Morgan fingerprint density at radius 2 is 1.13 bits per heavy atom. The van der Waals surface area contributed by atoms with E-state index in [1.807, 2.05) is 12.1 Å². The van der Waals surface area contributed by atoms with Crippen LogP contribution in [0.15, 0.2) is 66.7 Å². The number of hydrogen-bond donors (Lipinski definition) is 0. The molecule has 0 heterocycles.